The molecule has 0 aliphatic carbocycles. The average molecular weight is 278 g/mol. The fraction of sp³-hybridized carbons (Fsp3) is 0.571. The molecule has 1 amide bonds. The quantitative estimate of drug-likeness (QED) is 0.883. The lowest BCUT2D eigenvalue weighted by Gasteiger charge is -2.32. The molecule has 0 unspecified atom stereocenters. The van der Waals surface area contributed by atoms with Crippen LogP contribution in [-0.2, 0) is 4.74 Å². The third-order valence-electron chi connectivity index (χ3n) is 3.42. The van der Waals surface area contributed by atoms with Gasteiger partial charge in [-0.15, -0.1) is 0 Å². The summed E-state index contributed by atoms with van der Waals surface area (Å²) in [4.78, 5) is 17.6. The number of nitrogens with zero attached hydrogens (tertiary/aromatic N) is 2. The summed E-state index contributed by atoms with van der Waals surface area (Å²) < 4.78 is 5.01. The number of piperidine rings is 1. The van der Waals surface area contributed by atoms with Gasteiger partial charge >= 0.3 is 6.09 Å². The number of amides is 1. The maximum atomic E-state index is 11.6. The molecule has 0 atom stereocenters. The summed E-state index contributed by atoms with van der Waals surface area (Å²) in [5.74, 6) is 0. The Labute approximate surface area is 119 Å². The van der Waals surface area contributed by atoms with Gasteiger partial charge in [-0.25, -0.2) is 4.79 Å². The first-order valence-corrected chi connectivity index (χ1v) is 7.04. The van der Waals surface area contributed by atoms with E-state index in [1.807, 2.05) is 26.2 Å². The molecule has 1 saturated heterocycles. The molecule has 1 fully saturated rings. The van der Waals surface area contributed by atoms with Crippen molar-refractivity contribution in [2.45, 2.75) is 25.8 Å². The summed E-state index contributed by atoms with van der Waals surface area (Å²) in [7, 11) is 1.87. The zero-order chi connectivity index (χ0) is 14.4. The third-order valence-corrected chi connectivity index (χ3v) is 3.42. The van der Waals surface area contributed by atoms with Crippen LogP contribution in [0.5, 0.6) is 0 Å². The Bertz CT molecular complexity index is 445. The van der Waals surface area contributed by atoms with Crippen LogP contribution in [-0.4, -0.2) is 48.8 Å². The number of hydrogen-bond donors (Lipinski definition) is 2. The number of anilines is 2. The molecule has 1 aromatic rings. The summed E-state index contributed by atoms with van der Waals surface area (Å²) in [5.41, 5.74) is 1.99. The van der Waals surface area contributed by atoms with E-state index in [1.54, 1.807) is 11.1 Å². The summed E-state index contributed by atoms with van der Waals surface area (Å²) in [6, 6.07) is 2.40. The normalized spacial score (nSPS) is 15.8. The number of ether oxygens (including phenoxy) is 1. The number of rotatable bonds is 4. The molecule has 1 aliphatic rings. The van der Waals surface area contributed by atoms with Crippen LogP contribution in [0.25, 0.3) is 0 Å². The van der Waals surface area contributed by atoms with Crippen LogP contribution in [0.2, 0.25) is 0 Å². The predicted octanol–water partition coefficient (Wildman–Crippen LogP) is 2.16. The maximum Gasteiger partial charge on any atom is 0.409 e. The maximum absolute atomic E-state index is 11.6. The van der Waals surface area contributed by atoms with E-state index in [0.29, 0.717) is 12.6 Å². The zero-order valence-electron chi connectivity index (χ0n) is 12.1. The molecule has 1 aromatic heterocycles. The smallest absolute Gasteiger partial charge is 0.409 e. The van der Waals surface area contributed by atoms with Crippen molar-refractivity contribution < 1.29 is 9.53 Å². The SMILES string of the molecule is CCOC(=O)N1CCC(Nc2cncc(NC)c2)CC1. The Hall–Kier alpha value is -1.98. The van der Waals surface area contributed by atoms with Gasteiger partial charge in [-0.05, 0) is 25.8 Å². The van der Waals surface area contributed by atoms with E-state index >= 15 is 0 Å². The van der Waals surface area contributed by atoms with E-state index in [-0.39, 0.29) is 6.09 Å². The van der Waals surface area contributed by atoms with E-state index in [0.717, 1.165) is 37.3 Å². The number of aromatic nitrogens is 1. The minimum atomic E-state index is -0.204. The Morgan fingerprint density at radius 1 is 1.40 bits per heavy atom. The van der Waals surface area contributed by atoms with Crippen LogP contribution in [0.1, 0.15) is 19.8 Å². The van der Waals surface area contributed by atoms with Gasteiger partial charge in [0.1, 0.15) is 0 Å². The van der Waals surface area contributed by atoms with Crippen LogP contribution >= 0.6 is 0 Å². The van der Waals surface area contributed by atoms with Crippen LogP contribution in [0.4, 0.5) is 16.2 Å². The molecule has 0 aromatic carbocycles. The first-order chi connectivity index (χ1) is 9.72. The van der Waals surface area contributed by atoms with Gasteiger partial charge in [0, 0.05) is 26.2 Å². The summed E-state index contributed by atoms with van der Waals surface area (Å²) in [6.07, 6.45) is 5.24. The van der Waals surface area contributed by atoms with Gasteiger partial charge in [0.05, 0.1) is 30.4 Å². The topological polar surface area (TPSA) is 66.5 Å². The molecule has 6 nitrogen and oxygen atoms in total. The first kappa shape index (κ1) is 14.4. The number of carbonyl (C=O) groups is 1. The lowest BCUT2D eigenvalue weighted by atomic mass is 10.1. The van der Waals surface area contributed by atoms with Crippen molar-refractivity contribution in [2.24, 2.45) is 0 Å². The molecule has 0 radical (unpaired) electrons. The second-order valence-corrected chi connectivity index (χ2v) is 4.82. The molecule has 110 valence electrons. The number of likely N-dealkylation sites (tertiary alicyclic amines) is 1. The second-order valence-electron chi connectivity index (χ2n) is 4.82. The second kappa shape index (κ2) is 6.98. The minimum absolute atomic E-state index is 0.204. The molecular formula is C14H22N4O2. The van der Waals surface area contributed by atoms with Gasteiger partial charge in [-0.1, -0.05) is 0 Å². The highest BCUT2D eigenvalue weighted by Gasteiger charge is 2.23. The fourth-order valence-corrected chi connectivity index (χ4v) is 2.31. The van der Waals surface area contributed by atoms with Gasteiger partial charge < -0.3 is 20.3 Å². The third kappa shape index (κ3) is 3.76. The number of nitrogens with one attached hydrogen (secondary N) is 2. The molecular weight excluding hydrogens is 256 g/mol. The molecule has 2 rings (SSSR count). The van der Waals surface area contributed by atoms with Gasteiger partial charge in [0.25, 0.3) is 0 Å². The lowest BCUT2D eigenvalue weighted by Crippen LogP contribution is -2.42. The van der Waals surface area contributed by atoms with E-state index in [1.165, 1.54) is 0 Å². The summed E-state index contributed by atoms with van der Waals surface area (Å²) >= 11 is 0. The predicted molar refractivity (Wildman–Crippen MR) is 79.0 cm³/mol. The molecule has 2 heterocycles. The zero-order valence-corrected chi connectivity index (χ0v) is 12.1. The lowest BCUT2D eigenvalue weighted by molar-refractivity contribution is 0.0983. The van der Waals surface area contributed by atoms with Crippen molar-refractivity contribution in [2.75, 3.05) is 37.4 Å². The first-order valence-electron chi connectivity index (χ1n) is 7.04. The molecule has 2 N–H and O–H groups in total. The van der Waals surface area contributed by atoms with Crippen LogP contribution in [0.15, 0.2) is 18.5 Å². The molecule has 20 heavy (non-hydrogen) atoms. The minimum Gasteiger partial charge on any atom is -0.450 e. The van der Waals surface area contributed by atoms with Gasteiger partial charge in [0.15, 0.2) is 0 Å². The molecule has 0 saturated carbocycles. The van der Waals surface area contributed by atoms with E-state index < -0.39 is 0 Å². The van der Waals surface area contributed by atoms with Crippen LogP contribution in [0.3, 0.4) is 0 Å². The summed E-state index contributed by atoms with van der Waals surface area (Å²) in [5, 5.41) is 6.53. The van der Waals surface area contributed by atoms with Gasteiger partial charge in [-0.3, -0.25) is 4.98 Å². The Kier molecular flexibility index (Phi) is 5.03. The van der Waals surface area contributed by atoms with Crippen molar-refractivity contribution >= 4 is 17.5 Å². The summed E-state index contributed by atoms with van der Waals surface area (Å²) in [6.45, 7) is 3.72. The molecule has 1 aliphatic heterocycles. The highest BCUT2D eigenvalue weighted by atomic mass is 16.6. The van der Waals surface area contributed by atoms with Crippen LogP contribution in [0, 0.1) is 0 Å². The van der Waals surface area contributed by atoms with Crippen LogP contribution < -0.4 is 10.6 Å². The van der Waals surface area contributed by atoms with Crippen molar-refractivity contribution in [1.29, 1.82) is 0 Å². The van der Waals surface area contributed by atoms with E-state index in [4.69, 9.17) is 4.74 Å². The van der Waals surface area contributed by atoms with Crippen molar-refractivity contribution in [3.05, 3.63) is 18.5 Å². The van der Waals surface area contributed by atoms with Crippen molar-refractivity contribution in [1.82, 2.24) is 9.88 Å². The van der Waals surface area contributed by atoms with Crippen molar-refractivity contribution in [3.63, 3.8) is 0 Å². The fourth-order valence-electron chi connectivity index (χ4n) is 2.31. The largest absolute Gasteiger partial charge is 0.450 e. The van der Waals surface area contributed by atoms with Crippen molar-refractivity contribution in [3.8, 4) is 0 Å². The Morgan fingerprint density at radius 2 is 2.10 bits per heavy atom. The average Bonchev–Trinajstić information content (AvgIpc) is 2.48. The Balaban J connectivity index is 1.83. The number of pyridine rings is 1. The highest BCUT2D eigenvalue weighted by Crippen LogP contribution is 2.18. The van der Waals surface area contributed by atoms with E-state index in [2.05, 4.69) is 15.6 Å². The molecule has 6 heteroatoms. The van der Waals surface area contributed by atoms with Gasteiger partial charge in [-0.2, -0.15) is 0 Å². The standard InChI is InChI=1S/C14H22N4O2/c1-3-20-14(19)18-6-4-11(5-7-18)17-13-8-12(15-2)9-16-10-13/h8-11,15,17H,3-7H2,1-2H3. The number of hydrogen-bond acceptors (Lipinski definition) is 5. The highest BCUT2D eigenvalue weighted by molar-refractivity contribution is 5.67. The molecule has 0 bridgehead atoms. The van der Waals surface area contributed by atoms with Gasteiger partial charge in [0.2, 0.25) is 0 Å². The Morgan fingerprint density at radius 3 is 2.75 bits per heavy atom. The van der Waals surface area contributed by atoms with E-state index in [9.17, 15) is 4.79 Å². The molecule has 0 spiro atoms. The monoisotopic (exact) mass is 278 g/mol. The number of carbonyl (C=O) groups excluding carboxylic acids is 1.